The van der Waals surface area contributed by atoms with Gasteiger partial charge < -0.3 is 5.32 Å². The lowest BCUT2D eigenvalue weighted by Gasteiger charge is -2.03. The molecule has 0 aliphatic carbocycles. The van der Waals surface area contributed by atoms with Gasteiger partial charge in [0.15, 0.2) is 0 Å². The van der Waals surface area contributed by atoms with E-state index < -0.39 is 22.3 Å². The molecule has 6 heteroatoms. The minimum absolute atomic E-state index is 0.0440. The number of nitrogens with one attached hydrogen (secondary N) is 1. The molecule has 0 spiro atoms. The van der Waals surface area contributed by atoms with E-state index in [1.165, 1.54) is 6.07 Å². The molecule has 18 heavy (non-hydrogen) atoms. The summed E-state index contributed by atoms with van der Waals surface area (Å²) >= 11 is 0. The Balaban J connectivity index is 2.71. The van der Waals surface area contributed by atoms with Crippen LogP contribution in [0.2, 0.25) is 0 Å². The Morgan fingerprint density at radius 3 is 2.83 bits per heavy atom. The Bertz CT molecular complexity index is 532. The highest BCUT2D eigenvalue weighted by molar-refractivity contribution is 5.94. The van der Waals surface area contributed by atoms with Gasteiger partial charge in [0.1, 0.15) is 0 Å². The predicted molar refractivity (Wildman–Crippen MR) is 63.5 cm³/mol. The number of nitro groups is 1. The average molecular weight is 250 g/mol. The molecule has 5 nitrogen and oxygen atoms in total. The highest BCUT2D eigenvalue weighted by Crippen LogP contribution is 2.17. The van der Waals surface area contributed by atoms with Gasteiger partial charge in [0.05, 0.1) is 4.92 Å². The second-order valence-electron chi connectivity index (χ2n) is 3.36. The summed E-state index contributed by atoms with van der Waals surface area (Å²) in [5.74, 6) is 3.92. The largest absolute Gasteiger partial charge is 0.351 e. The van der Waals surface area contributed by atoms with Crippen molar-refractivity contribution in [1.29, 1.82) is 0 Å². The quantitative estimate of drug-likeness (QED) is 0.384. The topological polar surface area (TPSA) is 72.2 Å². The summed E-state index contributed by atoms with van der Waals surface area (Å²) in [7, 11) is 0. The molecule has 1 aromatic rings. The van der Waals surface area contributed by atoms with Gasteiger partial charge in [0, 0.05) is 24.6 Å². The second-order valence-corrected chi connectivity index (χ2v) is 3.36. The molecule has 1 amide bonds. The van der Waals surface area contributed by atoms with Gasteiger partial charge in [0.25, 0.3) is 5.91 Å². The minimum atomic E-state index is -1.03. The number of nitro benzene ring substituents is 1. The van der Waals surface area contributed by atoms with Crippen LogP contribution in [0.5, 0.6) is 0 Å². The highest BCUT2D eigenvalue weighted by atomic mass is 19.1. The first-order valence-corrected chi connectivity index (χ1v) is 5.18. The molecular weight excluding hydrogens is 239 g/mol. The average Bonchev–Trinajstić information content (AvgIpc) is 2.33. The molecule has 1 N–H and O–H groups in total. The number of hydrogen-bond donors (Lipinski definition) is 1. The third-order valence-electron chi connectivity index (χ3n) is 2.12. The van der Waals surface area contributed by atoms with E-state index >= 15 is 0 Å². The van der Waals surface area contributed by atoms with Gasteiger partial charge in [-0.05, 0) is 19.1 Å². The molecule has 0 aliphatic rings. The standard InChI is InChI=1S/C12H11FN2O3/c1-2-3-4-7-14-12(16)9-5-6-11(15(17)18)10(13)8-9/h5-6,8H,4,7H2,1H3,(H,14,16). The van der Waals surface area contributed by atoms with E-state index in [0.29, 0.717) is 13.0 Å². The second kappa shape index (κ2) is 6.35. The molecule has 0 radical (unpaired) electrons. The van der Waals surface area contributed by atoms with Crippen LogP contribution in [0.3, 0.4) is 0 Å². The number of rotatable bonds is 4. The first-order chi connectivity index (χ1) is 8.56. The van der Waals surface area contributed by atoms with Crippen LogP contribution < -0.4 is 5.32 Å². The normalized spacial score (nSPS) is 9.22. The number of halogens is 1. The highest BCUT2D eigenvalue weighted by Gasteiger charge is 2.16. The Kier molecular flexibility index (Phi) is 4.81. The maximum absolute atomic E-state index is 13.3. The van der Waals surface area contributed by atoms with E-state index in [-0.39, 0.29) is 5.56 Å². The summed E-state index contributed by atoms with van der Waals surface area (Å²) in [6.45, 7) is 2.03. The smallest absolute Gasteiger partial charge is 0.304 e. The molecule has 0 fully saturated rings. The van der Waals surface area contributed by atoms with Gasteiger partial charge in [-0.3, -0.25) is 14.9 Å². The van der Waals surface area contributed by atoms with E-state index in [4.69, 9.17) is 0 Å². The third-order valence-corrected chi connectivity index (χ3v) is 2.12. The zero-order valence-electron chi connectivity index (χ0n) is 9.70. The van der Waals surface area contributed by atoms with E-state index in [9.17, 15) is 19.3 Å². The maximum atomic E-state index is 13.3. The van der Waals surface area contributed by atoms with Crippen LogP contribution in [0, 0.1) is 27.8 Å². The minimum Gasteiger partial charge on any atom is -0.351 e. The molecule has 0 aliphatic heterocycles. The first kappa shape index (κ1) is 13.6. The molecule has 0 heterocycles. The van der Waals surface area contributed by atoms with Crippen LogP contribution in [-0.4, -0.2) is 17.4 Å². The lowest BCUT2D eigenvalue weighted by Crippen LogP contribution is -2.24. The molecular formula is C12H11FN2O3. The summed E-state index contributed by atoms with van der Waals surface area (Å²) in [5, 5.41) is 12.9. The first-order valence-electron chi connectivity index (χ1n) is 5.18. The fraction of sp³-hybridized carbons (Fsp3) is 0.250. The van der Waals surface area contributed by atoms with Crippen molar-refractivity contribution in [2.45, 2.75) is 13.3 Å². The van der Waals surface area contributed by atoms with Gasteiger partial charge in [-0.1, -0.05) is 0 Å². The van der Waals surface area contributed by atoms with Gasteiger partial charge >= 0.3 is 5.69 Å². The predicted octanol–water partition coefficient (Wildman–Crippen LogP) is 1.88. The zero-order valence-corrected chi connectivity index (χ0v) is 9.70. The SMILES string of the molecule is CC#CCCNC(=O)c1ccc([N+](=O)[O-])c(F)c1. The molecule has 0 atom stereocenters. The van der Waals surface area contributed by atoms with Crippen LogP contribution in [0.25, 0.3) is 0 Å². The van der Waals surface area contributed by atoms with Crippen molar-refractivity contribution in [2.75, 3.05) is 6.54 Å². The van der Waals surface area contributed by atoms with E-state index in [1.807, 2.05) is 0 Å². The number of nitrogens with zero attached hydrogens (tertiary/aromatic N) is 1. The molecule has 0 aromatic heterocycles. The number of benzene rings is 1. The summed E-state index contributed by atoms with van der Waals surface area (Å²) in [6.07, 6.45) is 0.498. The third kappa shape index (κ3) is 3.56. The van der Waals surface area contributed by atoms with Crippen molar-refractivity contribution in [3.63, 3.8) is 0 Å². The van der Waals surface area contributed by atoms with Crippen molar-refractivity contribution >= 4 is 11.6 Å². The van der Waals surface area contributed by atoms with Crippen LogP contribution >= 0.6 is 0 Å². The van der Waals surface area contributed by atoms with E-state index in [1.54, 1.807) is 6.92 Å². The Hall–Kier alpha value is -2.42. The van der Waals surface area contributed by atoms with Crippen LogP contribution in [-0.2, 0) is 0 Å². The van der Waals surface area contributed by atoms with Crippen molar-refractivity contribution in [2.24, 2.45) is 0 Å². The Morgan fingerprint density at radius 2 is 2.28 bits per heavy atom. The van der Waals surface area contributed by atoms with Crippen LogP contribution in [0.1, 0.15) is 23.7 Å². The van der Waals surface area contributed by atoms with Gasteiger partial charge in [-0.2, -0.15) is 4.39 Å². The lowest BCUT2D eigenvalue weighted by molar-refractivity contribution is -0.387. The summed E-state index contributed by atoms with van der Waals surface area (Å²) in [5.41, 5.74) is -0.606. The van der Waals surface area contributed by atoms with Crippen molar-refractivity contribution < 1.29 is 14.1 Å². The Labute approximate surface area is 103 Å². The Morgan fingerprint density at radius 1 is 1.56 bits per heavy atom. The van der Waals surface area contributed by atoms with Crippen LogP contribution in [0.4, 0.5) is 10.1 Å². The van der Waals surface area contributed by atoms with Crippen LogP contribution in [0.15, 0.2) is 18.2 Å². The summed E-state index contributed by atoms with van der Waals surface area (Å²) in [6, 6.07) is 3.02. The van der Waals surface area contributed by atoms with E-state index in [2.05, 4.69) is 17.2 Å². The monoisotopic (exact) mass is 250 g/mol. The molecule has 94 valence electrons. The van der Waals surface area contributed by atoms with Gasteiger partial charge in [-0.25, -0.2) is 0 Å². The van der Waals surface area contributed by atoms with Gasteiger partial charge in [-0.15, -0.1) is 11.8 Å². The fourth-order valence-electron chi connectivity index (χ4n) is 1.26. The number of hydrogen-bond acceptors (Lipinski definition) is 3. The van der Waals surface area contributed by atoms with Crippen molar-refractivity contribution in [3.05, 3.63) is 39.7 Å². The molecule has 1 rings (SSSR count). The maximum Gasteiger partial charge on any atom is 0.304 e. The number of carbonyl (C=O) groups is 1. The molecule has 1 aromatic carbocycles. The zero-order chi connectivity index (χ0) is 13.5. The summed E-state index contributed by atoms with van der Waals surface area (Å²) in [4.78, 5) is 21.1. The van der Waals surface area contributed by atoms with Crippen molar-refractivity contribution in [3.8, 4) is 11.8 Å². The fourth-order valence-corrected chi connectivity index (χ4v) is 1.26. The number of carbonyl (C=O) groups excluding carboxylic acids is 1. The lowest BCUT2D eigenvalue weighted by atomic mass is 10.2. The number of amides is 1. The molecule has 0 bridgehead atoms. The van der Waals surface area contributed by atoms with E-state index in [0.717, 1.165) is 12.1 Å². The summed E-state index contributed by atoms with van der Waals surface area (Å²) < 4.78 is 13.3. The van der Waals surface area contributed by atoms with Crippen molar-refractivity contribution in [1.82, 2.24) is 5.32 Å². The molecule has 0 saturated heterocycles. The molecule has 0 saturated carbocycles. The molecule has 0 unspecified atom stereocenters. The van der Waals surface area contributed by atoms with Gasteiger partial charge in [0.2, 0.25) is 5.82 Å².